The summed E-state index contributed by atoms with van der Waals surface area (Å²) >= 11 is 0. The van der Waals surface area contributed by atoms with Crippen molar-refractivity contribution >= 4 is 15.9 Å². The highest BCUT2D eigenvalue weighted by molar-refractivity contribution is 7.88. The maximum atomic E-state index is 13.1. The van der Waals surface area contributed by atoms with Crippen LogP contribution in [0.25, 0.3) is 0 Å². The molecule has 0 aromatic heterocycles. The molecule has 1 amide bonds. The monoisotopic (exact) mass is 474 g/mol. The van der Waals surface area contributed by atoms with Gasteiger partial charge in [-0.05, 0) is 62.1 Å². The lowest BCUT2D eigenvalue weighted by molar-refractivity contribution is 0.0925. The Bertz CT molecular complexity index is 1090. The van der Waals surface area contributed by atoms with Crippen LogP contribution in [-0.2, 0) is 15.8 Å². The number of amides is 1. The molecule has 0 spiro atoms. The Hall–Kier alpha value is -2.58. The molecular weight excluding hydrogens is 440 g/mol. The third kappa shape index (κ3) is 7.20. The van der Waals surface area contributed by atoms with E-state index in [-0.39, 0.29) is 23.6 Å². The second kappa shape index (κ2) is 10.1. The SMILES string of the molecule is CC(C)[C@H](NC(=O)c1cccc(CS(=O)(=O)NC(C)(C)C)c1)c1ccc2c(c1)OCCCO2. The Balaban J connectivity index is 1.78. The van der Waals surface area contributed by atoms with Crippen molar-refractivity contribution < 1.29 is 22.7 Å². The predicted octanol–water partition coefficient (Wildman–Crippen LogP) is 4.19. The van der Waals surface area contributed by atoms with E-state index in [0.717, 1.165) is 12.0 Å². The number of nitrogens with one attached hydrogen (secondary N) is 2. The summed E-state index contributed by atoms with van der Waals surface area (Å²) in [6.45, 7) is 10.7. The Morgan fingerprint density at radius 3 is 2.39 bits per heavy atom. The molecule has 2 N–H and O–H groups in total. The summed E-state index contributed by atoms with van der Waals surface area (Å²) in [6, 6.07) is 12.2. The van der Waals surface area contributed by atoms with Gasteiger partial charge in [0.25, 0.3) is 5.91 Å². The molecule has 8 heteroatoms. The molecule has 180 valence electrons. The van der Waals surface area contributed by atoms with Gasteiger partial charge in [0.1, 0.15) is 0 Å². The van der Waals surface area contributed by atoms with E-state index in [1.807, 2.05) is 32.0 Å². The average Bonchev–Trinajstić information content (AvgIpc) is 2.94. The molecule has 0 saturated heterocycles. The molecule has 1 aliphatic heterocycles. The minimum Gasteiger partial charge on any atom is -0.490 e. The second-order valence-electron chi connectivity index (χ2n) is 9.76. The number of fused-ring (bicyclic) bond motifs is 1. The van der Waals surface area contributed by atoms with Gasteiger partial charge in [-0.25, -0.2) is 13.1 Å². The van der Waals surface area contributed by atoms with E-state index in [9.17, 15) is 13.2 Å². The number of sulfonamides is 1. The van der Waals surface area contributed by atoms with Crippen LogP contribution in [0.5, 0.6) is 11.5 Å². The predicted molar refractivity (Wildman–Crippen MR) is 129 cm³/mol. The normalized spacial score (nSPS) is 15.1. The summed E-state index contributed by atoms with van der Waals surface area (Å²) in [7, 11) is -3.53. The van der Waals surface area contributed by atoms with Crippen LogP contribution in [0.1, 0.15) is 68.6 Å². The lowest BCUT2D eigenvalue weighted by Crippen LogP contribution is -2.41. The highest BCUT2D eigenvalue weighted by atomic mass is 32.2. The maximum Gasteiger partial charge on any atom is 0.251 e. The van der Waals surface area contributed by atoms with Crippen LogP contribution in [0.3, 0.4) is 0 Å². The van der Waals surface area contributed by atoms with Crippen LogP contribution in [0.15, 0.2) is 42.5 Å². The third-order valence-electron chi connectivity index (χ3n) is 5.09. The van der Waals surface area contributed by atoms with Crippen molar-refractivity contribution in [3.8, 4) is 11.5 Å². The van der Waals surface area contributed by atoms with Crippen LogP contribution in [0.2, 0.25) is 0 Å². The lowest BCUT2D eigenvalue weighted by Gasteiger charge is -2.24. The molecule has 0 aliphatic carbocycles. The van der Waals surface area contributed by atoms with Gasteiger partial charge >= 0.3 is 0 Å². The number of ether oxygens (including phenoxy) is 2. The number of hydrogen-bond acceptors (Lipinski definition) is 5. The van der Waals surface area contributed by atoms with Crippen molar-refractivity contribution in [2.45, 2.75) is 58.4 Å². The summed E-state index contributed by atoms with van der Waals surface area (Å²) in [6.07, 6.45) is 0.825. The van der Waals surface area contributed by atoms with Gasteiger partial charge in [0.2, 0.25) is 10.0 Å². The van der Waals surface area contributed by atoms with Gasteiger partial charge < -0.3 is 14.8 Å². The summed E-state index contributed by atoms with van der Waals surface area (Å²) in [5, 5.41) is 3.10. The second-order valence-corrected chi connectivity index (χ2v) is 11.5. The van der Waals surface area contributed by atoms with Crippen molar-refractivity contribution in [2.75, 3.05) is 13.2 Å². The molecule has 0 saturated carbocycles. The molecule has 0 bridgehead atoms. The van der Waals surface area contributed by atoms with E-state index in [0.29, 0.717) is 35.8 Å². The Kier molecular flexibility index (Phi) is 7.69. The molecule has 2 aromatic rings. The Labute approximate surface area is 196 Å². The first kappa shape index (κ1) is 25.1. The molecule has 2 aromatic carbocycles. The van der Waals surface area contributed by atoms with E-state index < -0.39 is 15.6 Å². The standard InChI is InChI=1S/C25H34N2O5S/c1-17(2)23(19-10-11-21-22(15-19)32-13-7-12-31-21)26-24(28)20-9-6-8-18(14-20)16-33(29,30)27-25(3,4)5/h6,8-11,14-15,17,23,27H,7,12-13,16H2,1-5H3,(H,26,28)/t23-/m0/s1. The van der Waals surface area contributed by atoms with E-state index in [4.69, 9.17) is 9.47 Å². The zero-order valence-corrected chi connectivity index (χ0v) is 20.8. The first-order chi connectivity index (χ1) is 15.4. The summed E-state index contributed by atoms with van der Waals surface area (Å²) < 4.78 is 39.1. The van der Waals surface area contributed by atoms with Gasteiger partial charge in [-0.2, -0.15) is 0 Å². The quantitative estimate of drug-likeness (QED) is 0.628. The van der Waals surface area contributed by atoms with E-state index in [1.54, 1.807) is 45.0 Å². The first-order valence-corrected chi connectivity index (χ1v) is 12.9. The highest BCUT2D eigenvalue weighted by Crippen LogP contribution is 2.34. The van der Waals surface area contributed by atoms with Crippen LogP contribution < -0.4 is 19.5 Å². The number of carbonyl (C=O) groups is 1. The van der Waals surface area contributed by atoms with Crippen LogP contribution in [0.4, 0.5) is 0 Å². The first-order valence-electron chi connectivity index (χ1n) is 11.2. The Morgan fingerprint density at radius 2 is 1.73 bits per heavy atom. The minimum absolute atomic E-state index is 0.123. The zero-order valence-electron chi connectivity index (χ0n) is 20.0. The fourth-order valence-corrected chi connectivity index (χ4v) is 5.38. The number of carbonyl (C=O) groups excluding carboxylic acids is 1. The smallest absolute Gasteiger partial charge is 0.251 e. The van der Waals surface area contributed by atoms with Gasteiger partial charge in [-0.15, -0.1) is 0 Å². The van der Waals surface area contributed by atoms with Gasteiger partial charge in [-0.3, -0.25) is 4.79 Å². The van der Waals surface area contributed by atoms with Crippen LogP contribution >= 0.6 is 0 Å². The summed E-state index contributed by atoms with van der Waals surface area (Å²) in [5.74, 6) is 1.06. The fourth-order valence-electron chi connectivity index (χ4n) is 3.76. The maximum absolute atomic E-state index is 13.1. The lowest BCUT2D eigenvalue weighted by atomic mass is 9.95. The van der Waals surface area contributed by atoms with Gasteiger partial charge in [-0.1, -0.05) is 32.0 Å². The van der Waals surface area contributed by atoms with Crippen molar-refractivity contribution in [1.82, 2.24) is 10.0 Å². The molecule has 3 rings (SSSR count). The van der Waals surface area contributed by atoms with Crippen LogP contribution in [0, 0.1) is 5.92 Å². The van der Waals surface area contributed by atoms with Gasteiger partial charge in [0.15, 0.2) is 11.5 Å². The van der Waals surface area contributed by atoms with Crippen molar-refractivity contribution in [2.24, 2.45) is 5.92 Å². The van der Waals surface area contributed by atoms with Crippen molar-refractivity contribution in [1.29, 1.82) is 0 Å². The largest absolute Gasteiger partial charge is 0.490 e. The molecule has 33 heavy (non-hydrogen) atoms. The van der Waals surface area contributed by atoms with Gasteiger partial charge in [0, 0.05) is 17.5 Å². The van der Waals surface area contributed by atoms with Crippen molar-refractivity contribution in [3.63, 3.8) is 0 Å². The minimum atomic E-state index is -3.53. The number of rotatable bonds is 7. The molecule has 1 heterocycles. The third-order valence-corrected chi connectivity index (χ3v) is 6.73. The number of benzene rings is 2. The molecule has 7 nitrogen and oxygen atoms in total. The molecular formula is C25H34N2O5S. The van der Waals surface area contributed by atoms with Crippen LogP contribution in [-0.4, -0.2) is 33.1 Å². The fraction of sp³-hybridized carbons (Fsp3) is 0.480. The summed E-state index contributed by atoms with van der Waals surface area (Å²) in [5.41, 5.74) is 1.33. The Morgan fingerprint density at radius 1 is 1.03 bits per heavy atom. The molecule has 0 unspecified atom stereocenters. The molecule has 1 atom stereocenters. The van der Waals surface area contributed by atoms with Crippen molar-refractivity contribution in [3.05, 3.63) is 59.2 Å². The molecule has 0 fully saturated rings. The zero-order chi connectivity index (χ0) is 24.2. The van der Waals surface area contributed by atoms with E-state index >= 15 is 0 Å². The van der Waals surface area contributed by atoms with E-state index in [1.165, 1.54) is 0 Å². The van der Waals surface area contributed by atoms with Gasteiger partial charge in [0.05, 0.1) is 25.0 Å². The molecule has 1 aliphatic rings. The highest BCUT2D eigenvalue weighted by Gasteiger charge is 2.23. The van der Waals surface area contributed by atoms with E-state index in [2.05, 4.69) is 10.0 Å². The average molecular weight is 475 g/mol. The number of hydrogen-bond donors (Lipinski definition) is 2. The summed E-state index contributed by atoms with van der Waals surface area (Å²) in [4.78, 5) is 13.1. The molecule has 0 radical (unpaired) electrons. The topological polar surface area (TPSA) is 93.7 Å².